The van der Waals surface area contributed by atoms with Crippen LogP contribution in [0.2, 0.25) is 0 Å². The van der Waals surface area contributed by atoms with Crippen molar-refractivity contribution in [2.24, 2.45) is 5.16 Å². The lowest BCUT2D eigenvalue weighted by Crippen LogP contribution is -2.32. The number of hydrogen-bond donors (Lipinski definition) is 1. The van der Waals surface area contributed by atoms with Crippen molar-refractivity contribution in [1.29, 1.82) is 0 Å². The Labute approximate surface area is 240 Å². The molecule has 2 heterocycles. The number of alkyl halides is 3. The highest BCUT2D eigenvalue weighted by atomic mass is 32.2. The summed E-state index contributed by atoms with van der Waals surface area (Å²) in [4.78, 5) is 14.1. The molecule has 0 amide bonds. The minimum Gasteiger partial charge on any atom is -0.494 e. The SMILES string of the molecule is COc1cccc(-c2c(C)c(Cc3c(F)cccc3F)c3n(c2=O)C(C(=NO)c2cccc(C(F)(F)F)c2)CS3)c1F. The van der Waals surface area contributed by atoms with Gasteiger partial charge in [0, 0.05) is 28.9 Å². The van der Waals surface area contributed by atoms with Gasteiger partial charge in [-0.2, -0.15) is 13.2 Å². The van der Waals surface area contributed by atoms with Crippen LogP contribution in [0.5, 0.6) is 5.75 Å². The van der Waals surface area contributed by atoms with Gasteiger partial charge in [0.15, 0.2) is 11.6 Å². The van der Waals surface area contributed by atoms with E-state index in [1.165, 1.54) is 48.9 Å². The van der Waals surface area contributed by atoms with Crippen molar-refractivity contribution in [3.63, 3.8) is 0 Å². The predicted molar refractivity (Wildman–Crippen MR) is 146 cm³/mol. The maximum absolute atomic E-state index is 15.5. The van der Waals surface area contributed by atoms with Gasteiger partial charge in [0.25, 0.3) is 5.56 Å². The lowest BCUT2D eigenvalue weighted by molar-refractivity contribution is -0.137. The van der Waals surface area contributed by atoms with Crippen LogP contribution in [0.4, 0.5) is 26.3 Å². The number of nitrogens with zero attached hydrogens (tertiary/aromatic N) is 2. The van der Waals surface area contributed by atoms with Crippen LogP contribution in [0.1, 0.15) is 33.9 Å². The Balaban J connectivity index is 1.78. The third-order valence-electron chi connectivity index (χ3n) is 7.20. The fraction of sp³-hybridized carbons (Fsp3) is 0.200. The van der Waals surface area contributed by atoms with Crippen molar-refractivity contribution in [3.8, 4) is 16.9 Å². The summed E-state index contributed by atoms with van der Waals surface area (Å²) in [5.41, 5.74) is -2.02. The van der Waals surface area contributed by atoms with Crippen LogP contribution in [-0.4, -0.2) is 28.3 Å². The van der Waals surface area contributed by atoms with Crippen LogP contribution < -0.4 is 10.3 Å². The van der Waals surface area contributed by atoms with Crippen molar-refractivity contribution in [2.75, 3.05) is 12.9 Å². The Kier molecular flexibility index (Phi) is 7.84. The normalized spacial score (nSPS) is 15.1. The number of hydrogen-bond acceptors (Lipinski definition) is 5. The molecule has 0 bridgehead atoms. The molecule has 42 heavy (non-hydrogen) atoms. The number of pyridine rings is 1. The zero-order chi connectivity index (χ0) is 30.3. The highest BCUT2D eigenvalue weighted by molar-refractivity contribution is 7.99. The van der Waals surface area contributed by atoms with Gasteiger partial charge >= 0.3 is 6.18 Å². The van der Waals surface area contributed by atoms with Gasteiger partial charge in [-0.3, -0.25) is 9.36 Å². The summed E-state index contributed by atoms with van der Waals surface area (Å²) in [5, 5.41) is 13.5. The summed E-state index contributed by atoms with van der Waals surface area (Å²) in [6.07, 6.45) is -4.99. The van der Waals surface area contributed by atoms with E-state index < -0.39 is 40.8 Å². The van der Waals surface area contributed by atoms with Crippen LogP contribution >= 0.6 is 11.8 Å². The molecular formula is C30H22F6N2O3S. The standard InChI is InChI=1S/C30H22F6N2O3S/c1-15-19(13-20-21(31)9-5-10-22(20)32)29-38(28(39)25(15)18-8-4-11-24(41-2)26(18)33)23(14-42-29)27(37-40)16-6-3-7-17(12-16)30(34,35)36/h3-12,23,40H,13-14H2,1-2H3. The van der Waals surface area contributed by atoms with Crippen molar-refractivity contribution in [2.45, 2.75) is 30.6 Å². The monoisotopic (exact) mass is 604 g/mol. The Morgan fingerprint density at radius 2 is 1.71 bits per heavy atom. The molecule has 1 unspecified atom stereocenters. The van der Waals surface area contributed by atoms with E-state index in [1.54, 1.807) is 0 Å². The lowest BCUT2D eigenvalue weighted by Gasteiger charge is -2.22. The van der Waals surface area contributed by atoms with Crippen molar-refractivity contribution in [3.05, 3.63) is 116 Å². The molecule has 1 atom stereocenters. The van der Waals surface area contributed by atoms with Gasteiger partial charge in [-0.15, -0.1) is 11.8 Å². The summed E-state index contributed by atoms with van der Waals surface area (Å²) < 4.78 is 91.7. The van der Waals surface area contributed by atoms with Gasteiger partial charge in [0.1, 0.15) is 17.3 Å². The molecule has 0 spiro atoms. The fourth-order valence-corrected chi connectivity index (χ4v) is 6.51. The second-order valence-corrected chi connectivity index (χ2v) is 10.6. The van der Waals surface area contributed by atoms with E-state index in [0.29, 0.717) is 5.56 Å². The molecule has 5 rings (SSSR count). The summed E-state index contributed by atoms with van der Waals surface area (Å²) in [6, 6.07) is 10.6. The molecule has 0 radical (unpaired) electrons. The van der Waals surface area contributed by atoms with Gasteiger partial charge in [0.05, 0.1) is 29.3 Å². The molecule has 5 nitrogen and oxygen atoms in total. The third-order valence-corrected chi connectivity index (χ3v) is 8.40. The zero-order valence-electron chi connectivity index (χ0n) is 22.1. The van der Waals surface area contributed by atoms with E-state index in [4.69, 9.17) is 4.74 Å². The lowest BCUT2D eigenvalue weighted by atomic mass is 9.93. The average molecular weight is 605 g/mol. The van der Waals surface area contributed by atoms with Gasteiger partial charge in [-0.05, 0) is 48.4 Å². The molecule has 1 aliphatic rings. The van der Waals surface area contributed by atoms with E-state index in [2.05, 4.69) is 5.16 Å². The van der Waals surface area contributed by atoms with Gasteiger partial charge in [0.2, 0.25) is 0 Å². The summed E-state index contributed by atoms with van der Waals surface area (Å²) in [6.45, 7) is 1.53. The first-order chi connectivity index (χ1) is 20.0. The smallest absolute Gasteiger partial charge is 0.416 e. The number of oxime groups is 1. The van der Waals surface area contributed by atoms with Gasteiger partial charge in [-0.25, -0.2) is 13.2 Å². The Morgan fingerprint density at radius 3 is 2.36 bits per heavy atom. The molecule has 0 saturated heterocycles. The van der Waals surface area contributed by atoms with Crippen molar-refractivity contribution >= 4 is 17.5 Å². The quantitative estimate of drug-likeness (QED) is 0.108. The van der Waals surface area contributed by atoms with E-state index in [9.17, 15) is 32.0 Å². The molecule has 1 aromatic heterocycles. The molecule has 4 aromatic rings. The van der Waals surface area contributed by atoms with Gasteiger partial charge in [-0.1, -0.05) is 35.5 Å². The molecule has 0 saturated carbocycles. The Hall–Kier alpha value is -4.19. The predicted octanol–water partition coefficient (Wildman–Crippen LogP) is 7.38. The second-order valence-electron chi connectivity index (χ2n) is 9.55. The van der Waals surface area contributed by atoms with Crippen LogP contribution in [0.25, 0.3) is 11.1 Å². The molecular weight excluding hydrogens is 582 g/mol. The topological polar surface area (TPSA) is 63.8 Å². The first kappa shape index (κ1) is 29.3. The number of halogens is 6. The number of ether oxygens (including phenoxy) is 1. The zero-order valence-corrected chi connectivity index (χ0v) is 22.9. The highest BCUT2D eigenvalue weighted by Crippen LogP contribution is 2.42. The Bertz CT molecular complexity index is 1760. The number of rotatable bonds is 6. The van der Waals surface area contributed by atoms with E-state index in [0.717, 1.165) is 42.1 Å². The number of fused-ring (bicyclic) bond motifs is 1. The van der Waals surface area contributed by atoms with Gasteiger partial charge < -0.3 is 9.94 Å². The maximum Gasteiger partial charge on any atom is 0.416 e. The number of aromatic nitrogens is 1. The van der Waals surface area contributed by atoms with E-state index in [-0.39, 0.29) is 56.5 Å². The molecule has 0 fully saturated rings. The minimum atomic E-state index is -4.68. The maximum atomic E-state index is 15.5. The summed E-state index contributed by atoms with van der Waals surface area (Å²) >= 11 is 1.11. The van der Waals surface area contributed by atoms with Crippen LogP contribution in [0.3, 0.4) is 0 Å². The average Bonchev–Trinajstić information content (AvgIpc) is 3.38. The summed E-state index contributed by atoms with van der Waals surface area (Å²) in [5.74, 6) is -2.60. The number of benzene rings is 3. The van der Waals surface area contributed by atoms with Crippen molar-refractivity contribution < 1.29 is 36.3 Å². The van der Waals surface area contributed by atoms with E-state index >= 15 is 4.39 Å². The third kappa shape index (κ3) is 5.04. The number of methoxy groups -OCH3 is 1. The largest absolute Gasteiger partial charge is 0.494 e. The Morgan fingerprint density at radius 1 is 1.05 bits per heavy atom. The molecule has 218 valence electrons. The molecule has 1 aliphatic heterocycles. The van der Waals surface area contributed by atoms with E-state index in [1.807, 2.05) is 0 Å². The molecule has 12 heteroatoms. The molecule has 1 N–H and O–H groups in total. The fourth-order valence-electron chi connectivity index (χ4n) is 5.14. The van der Waals surface area contributed by atoms with Crippen LogP contribution in [0, 0.1) is 24.4 Å². The minimum absolute atomic E-state index is 0.0428. The molecule has 0 aliphatic carbocycles. The first-order valence-corrected chi connectivity index (χ1v) is 13.5. The van der Waals surface area contributed by atoms with Crippen molar-refractivity contribution in [1.82, 2.24) is 4.57 Å². The highest BCUT2D eigenvalue weighted by Gasteiger charge is 2.37. The second kappa shape index (κ2) is 11.2. The number of thioether (sulfide) groups is 1. The van der Waals surface area contributed by atoms with Crippen LogP contribution in [0.15, 0.2) is 75.6 Å². The molecule has 3 aromatic carbocycles. The summed E-state index contributed by atoms with van der Waals surface area (Å²) in [7, 11) is 1.25. The first-order valence-electron chi connectivity index (χ1n) is 12.5. The van der Waals surface area contributed by atoms with Crippen LogP contribution in [-0.2, 0) is 12.6 Å².